The molecule has 1 heterocycles. The van der Waals surface area contributed by atoms with Gasteiger partial charge >= 0.3 is 0 Å². The molecule has 2 rings (SSSR count). The highest BCUT2D eigenvalue weighted by atomic mass is 15.2. The van der Waals surface area contributed by atoms with Crippen LogP contribution in [0.15, 0.2) is 24.3 Å². The van der Waals surface area contributed by atoms with E-state index in [1.165, 1.54) is 11.1 Å². The smallest absolute Gasteiger partial charge is 0.0557 e. The van der Waals surface area contributed by atoms with Crippen molar-refractivity contribution < 1.29 is 0 Å². The van der Waals surface area contributed by atoms with Crippen molar-refractivity contribution in [1.29, 1.82) is 0 Å². The van der Waals surface area contributed by atoms with Gasteiger partial charge in [-0.15, -0.1) is 0 Å². The second kappa shape index (κ2) is 3.95. The third kappa shape index (κ3) is 1.80. The van der Waals surface area contributed by atoms with Gasteiger partial charge in [0.15, 0.2) is 0 Å². The summed E-state index contributed by atoms with van der Waals surface area (Å²) in [5.41, 5.74) is 2.97. The van der Waals surface area contributed by atoms with E-state index < -0.39 is 0 Å². The number of nitrogens with zero attached hydrogens (tertiary/aromatic N) is 1. The first-order valence-electron chi connectivity index (χ1n) is 5.63. The average Bonchev–Trinajstić information content (AvgIpc) is 2.23. The quantitative estimate of drug-likeness (QED) is 0.749. The van der Waals surface area contributed by atoms with E-state index in [0.29, 0.717) is 0 Å². The molecule has 0 bridgehead atoms. The van der Waals surface area contributed by atoms with Gasteiger partial charge in [-0.25, -0.2) is 0 Å². The Morgan fingerprint density at radius 2 is 2.07 bits per heavy atom. The van der Waals surface area contributed by atoms with Crippen LogP contribution in [0.1, 0.15) is 18.1 Å². The second-order valence-electron chi connectivity index (χ2n) is 4.69. The SMILES string of the molecule is Cc1ccccc1C1(C)CNCCN1C. The number of aryl methyl sites for hydroxylation is 1. The minimum Gasteiger partial charge on any atom is -0.313 e. The third-order valence-corrected chi connectivity index (χ3v) is 3.66. The van der Waals surface area contributed by atoms with Crippen LogP contribution in [0.2, 0.25) is 0 Å². The number of piperazine rings is 1. The molecule has 0 radical (unpaired) electrons. The predicted molar refractivity (Wildman–Crippen MR) is 64.0 cm³/mol. The van der Waals surface area contributed by atoms with Crippen LogP contribution in [0.25, 0.3) is 0 Å². The summed E-state index contributed by atoms with van der Waals surface area (Å²) in [5.74, 6) is 0. The maximum Gasteiger partial charge on any atom is 0.0557 e. The van der Waals surface area contributed by atoms with E-state index in [9.17, 15) is 0 Å². The van der Waals surface area contributed by atoms with Crippen LogP contribution in [-0.4, -0.2) is 31.6 Å². The zero-order chi connectivity index (χ0) is 10.9. The van der Waals surface area contributed by atoms with Gasteiger partial charge in [0.25, 0.3) is 0 Å². The van der Waals surface area contributed by atoms with E-state index in [1.807, 2.05) is 0 Å². The largest absolute Gasteiger partial charge is 0.313 e. The highest BCUT2D eigenvalue weighted by Gasteiger charge is 2.34. The molecule has 1 aliphatic heterocycles. The Morgan fingerprint density at radius 1 is 1.33 bits per heavy atom. The molecule has 0 saturated carbocycles. The van der Waals surface area contributed by atoms with E-state index in [1.54, 1.807) is 0 Å². The van der Waals surface area contributed by atoms with Crippen LogP contribution in [-0.2, 0) is 5.54 Å². The van der Waals surface area contributed by atoms with Gasteiger partial charge in [0.05, 0.1) is 5.54 Å². The summed E-state index contributed by atoms with van der Waals surface area (Å²) in [4.78, 5) is 2.45. The van der Waals surface area contributed by atoms with Crippen molar-refractivity contribution in [3.05, 3.63) is 35.4 Å². The van der Waals surface area contributed by atoms with Crippen molar-refractivity contribution in [3.8, 4) is 0 Å². The van der Waals surface area contributed by atoms with Gasteiger partial charge in [0.2, 0.25) is 0 Å². The van der Waals surface area contributed by atoms with E-state index >= 15 is 0 Å². The molecule has 1 N–H and O–H groups in total. The van der Waals surface area contributed by atoms with E-state index in [-0.39, 0.29) is 5.54 Å². The molecule has 0 spiro atoms. The average molecular weight is 204 g/mol. The fourth-order valence-corrected chi connectivity index (χ4v) is 2.44. The zero-order valence-corrected chi connectivity index (χ0v) is 9.88. The number of hydrogen-bond donors (Lipinski definition) is 1. The first kappa shape index (κ1) is 10.7. The van der Waals surface area contributed by atoms with Gasteiger partial charge < -0.3 is 5.32 Å². The molecule has 0 aliphatic carbocycles. The first-order valence-corrected chi connectivity index (χ1v) is 5.63. The number of rotatable bonds is 1. The summed E-state index contributed by atoms with van der Waals surface area (Å²) in [6, 6.07) is 8.69. The van der Waals surface area contributed by atoms with Crippen LogP contribution < -0.4 is 5.32 Å². The molecule has 1 fully saturated rings. The second-order valence-corrected chi connectivity index (χ2v) is 4.69. The van der Waals surface area contributed by atoms with Crippen LogP contribution in [0.4, 0.5) is 0 Å². The van der Waals surface area contributed by atoms with Gasteiger partial charge in [-0.2, -0.15) is 0 Å². The number of benzene rings is 1. The minimum atomic E-state index is 0.142. The van der Waals surface area contributed by atoms with Crippen molar-refractivity contribution in [2.24, 2.45) is 0 Å². The maximum absolute atomic E-state index is 3.49. The van der Waals surface area contributed by atoms with Gasteiger partial charge in [0, 0.05) is 19.6 Å². The summed E-state index contributed by atoms with van der Waals surface area (Å²) < 4.78 is 0. The highest BCUT2D eigenvalue weighted by molar-refractivity contribution is 5.33. The Balaban J connectivity index is 2.39. The van der Waals surface area contributed by atoms with Crippen LogP contribution >= 0.6 is 0 Å². The van der Waals surface area contributed by atoms with E-state index in [4.69, 9.17) is 0 Å². The van der Waals surface area contributed by atoms with E-state index in [0.717, 1.165) is 19.6 Å². The fourth-order valence-electron chi connectivity index (χ4n) is 2.44. The molecular weight excluding hydrogens is 184 g/mol. The predicted octanol–water partition coefficient (Wildman–Crippen LogP) is 1.75. The standard InChI is InChI=1S/C13H20N2/c1-11-6-4-5-7-12(11)13(2)10-14-8-9-15(13)3/h4-7,14H,8-10H2,1-3H3. The maximum atomic E-state index is 3.49. The Labute approximate surface area is 92.3 Å². The van der Waals surface area contributed by atoms with Gasteiger partial charge in [-0.3, -0.25) is 4.90 Å². The minimum absolute atomic E-state index is 0.142. The third-order valence-electron chi connectivity index (χ3n) is 3.66. The van der Waals surface area contributed by atoms with Crippen LogP contribution in [0, 0.1) is 6.92 Å². The monoisotopic (exact) mass is 204 g/mol. The molecule has 0 amide bonds. The number of likely N-dealkylation sites (N-methyl/N-ethyl adjacent to an activating group) is 1. The highest BCUT2D eigenvalue weighted by Crippen LogP contribution is 2.30. The summed E-state index contributed by atoms with van der Waals surface area (Å²) in [5, 5.41) is 3.49. The van der Waals surface area contributed by atoms with E-state index in [2.05, 4.69) is 55.4 Å². The molecule has 2 heteroatoms. The molecule has 0 aromatic heterocycles. The van der Waals surface area contributed by atoms with Crippen LogP contribution in [0.5, 0.6) is 0 Å². The molecule has 1 aliphatic rings. The van der Waals surface area contributed by atoms with Gasteiger partial charge in [-0.1, -0.05) is 24.3 Å². The van der Waals surface area contributed by atoms with Crippen molar-refractivity contribution in [1.82, 2.24) is 10.2 Å². The molecule has 1 aromatic carbocycles. The zero-order valence-electron chi connectivity index (χ0n) is 9.88. The molecule has 15 heavy (non-hydrogen) atoms. The Hall–Kier alpha value is -0.860. The van der Waals surface area contributed by atoms with Crippen LogP contribution in [0.3, 0.4) is 0 Å². The van der Waals surface area contributed by atoms with Crippen molar-refractivity contribution in [2.75, 3.05) is 26.7 Å². The lowest BCUT2D eigenvalue weighted by Gasteiger charge is -2.44. The van der Waals surface area contributed by atoms with Crippen molar-refractivity contribution in [3.63, 3.8) is 0 Å². The molecule has 2 nitrogen and oxygen atoms in total. The lowest BCUT2D eigenvalue weighted by Crippen LogP contribution is -2.55. The lowest BCUT2D eigenvalue weighted by molar-refractivity contribution is 0.103. The molecule has 1 aromatic rings. The molecule has 1 saturated heterocycles. The Kier molecular flexibility index (Phi) is 2.81. The Bertz CT molecular complexity index is 348. The summed E-state index contributed by atoms with van der Waals surface area (Å²) in [6.45, 7) is 7.77. The number of hydrogen-bond acceptors (Lipinski definition) is 2. The normalized spacial score (nSPS) is 27.9. The van der Waals surface area contributed by atoms with Gasteiger partial charge in [-0.05, 0) is 32.0 Å². The summed E-state index contributed by atoms with van der Waals surface area (Å²) in [6.07, 6.45) is 0. The number of nitrogens with one attached hydrogen (secondary N) is 1. The Morgan fingerprint density at radius 3 is 2.73 bits per heavy atom. The lowest BCUT2D eigenvalue weighted by atomic mass is 9.86. The summed E-state index contributed by atoms with van der Waals surface area (Å²) in [7, 11) is 2.22. The molecular formula is C13H20N2. The van der Waals surface area contributed by atoms with Crippen molar-refractivity contribution in [2.45, 2.75) is 19.4 Å². The molecule has 1 atom stereocenters. The van der Waals surface area contributed by atoms with Crippen molar-refractivity contribution >= 4 is 0 Å². The topological polar surface area (TPSA) is 15.3 Å². The molecule has 1 unspecified atom stereocenters. The fraction of sp³-hybridized carbons (Fsp3) is 0.538. The van der Waals surface area contributed by atoms with Gasteiger partial charge in [0.1, 0.15) is 0 Å². The molecule has 82 valence electrons. The first-order chi connectivity index (χ1) is 7.14. The summed E-state index contributed by atoms with van der Waals surface area (Å²) >= 11 is 0.